The van der Waals surface area contributed by atoms with Crippen LogP contribution in [0.1, 0.15) is 10.5 Å². The number of carbonyl (C=O) groups excluding carboxylic acids is 1. The molecule has 5 heteroatoms. The zero-order chi connectivity index (χ0) is 7.68. The molecule has 0 aliphatic carbocycles. The second-order valence-corrected chi connectivity index (χ2v) is 2.29. The highest BCUT2D eigenvalue weighted by Crippen LogP contribution is 2.10. The average molecular weight is 219 g/mol. The molecule has 0 bridgehead atoms. The molecule has 3 nitrogen and oxygen atoms in total. The van der Waals surface area contributed by atoms with Crippen molar-refractivity contribution < 1.29 is 4.79 Å². The molecule has 0 aliphatic rings. The van der Waals surface area contributed by atoms with E-state index in [2.05, 4.69) is 9.97 Å². The lowest BCUT2D eigenvalue weighted by Crippen LogP contribution is -1.83. The van der Waals surface area contributed by atoms with E-state index in [4.69, 9.17) is 0 Å². The summed E-state index contributed by atoms with van der Waals surface area (Å²) in [7, 11) is 0. The van der Waals surface area contributed by atoms with Crippen LogP contribution in [0.4, 0.5) is 0 Å². The minimum atomic E-state index is 0. The van der Waals surface area contributed by atoms with Gasteiger partial charge in [-0.15, -0.1) is 24.8 Å². The van der Waals surface area contributed by atoms with Crippen LogP contribution < -0.4 is 0 Å². The number of nitrogens with one attached hydrogen (secondary N) is 1. The van der Waals surface area contributed by atoms with Crippen molar-refractivity contribution in [2.75, 3.05) is 0 Å². The summed E-state index contributed by atoms with van der Waals surface area (Å²) in [5, 5.41) is 1.02. The zero-order valence-corrected chi connectivity index (χ0v) is 8.19. The van der Waals surface area contributed by atoms with Crippen LogP contribution in [0.3, 0.4) is 0 Å². The van der Waals surface area contributed by atoms with Gasteiger partial charge in [0.15, 0.2) is 6.29 Å². The van der Waals surface area contributed by atoms with Crippen molar-refractivity contribution in [1.82, 2.24) is 9.97 Å². The van der Waals surface area contributed by atoms with Crippen LogP contribution in [0.15, 0.2) is 24.5 Å². The number of aldehydes is 1. The topological polar surface area (TPSA) is 45.8 Å². The molecule has 0 spiro atoms. The molecule has 0 atom stereocenters. The van der Waals surface area contributed by atoms with E-state index in [-0.39, 0.29) is 24.8 Å². The van der Waals surface area contributed by atoms with Crippen molar-refractivity contribution in [3.63, 3.8) is 0 Å². The van der Waals surface area contributed by atoms with Crippen molar-refractivity contribution in [3.8, 4) is 0 Å². The number of aromatic amines is 1. The first-order chi connectivity index (χ1) is 5.40. The van der Waals surface area contributed by atoms with Gasteiger partial charge in [0.2, 0.25) is 0 Å². The van der Waals surface area contributed by atoms with E-state index in [1.807, 2.05) is 12.3 Å². The SMILES string of the molecule is Cl.Cl.O=Cc1cc2cc[nH]c2cn1. The van der Waals surface area contributed by atoms with Crippen LogP contribution in [0, 0.1) is 0 Å². The second-order valence-electron chi connectivity index (χ2n) is 2.29. The molecular weight excluding hydrogens is 211 g/mol. The molecule has 1 N–H and O–H groups in total. The average Bonchev–Trinajstić information content (AvgIpc) is 2.50. The number of halogens is 2. The first kappa shape index (κ1) is 11.9. The van der Waals surface area contributed by atoms with E-state index >= 15 is 0 Å². The summed E-state index contributed by atoms with van der Waals surface area (Å²) in [5.41, 5.74) is 1.42. The summed E-state index contributed by atoms with van der Waals surface area (Å²) < 4.78 is 0. The van der Waals surface area contributed by atoms with Gasteiger partial charge in [-0.05, 0) is 12.1 Å². The Balaban J connectivity index is 0.000000720. The molecule has 0 amide bonds. The number of hydrogen-bond acceptors (Lipinski definition) is 2. The number of fused-ring (bicyclic) bond motifs is 1. The predicted octanol–water partition coefficient (Wildman–Crippen LogP) is 2.22. The molecule has 0 saturated carbocycles. The summed E-state index contributed by atoms with van der Waals surface area (Å²) in [6.45, 7) is 0. The summed E-state index contributed by atoms with van der Waals surface area (Å²) >= 11 is 0. The van der Waals surface area contributed by atoms with Crippen molar-refractivity contribution >= 4 is 42.0 Å². The highest BCUT2D eigenvalue weighted by molar-refractivity contribution is 5.86. The van der Waals surface area contributed by atoms with E-state index in [0.717, 1.165) is 17.2 Å². The quantitative estimate of drug-likeness (QED) is 0.747. The molecule has 13 heavy (non-hydrogen) atoms. The highest BCUT2D eigenvalue weighted by Gasteiger charge is 1.95. The number of hydrogen-bond donors (Lipinski definition) is 1. The van der Waals surface area contributed by atoms with Crippen LogP contribution >= 0.6 is 24.8 Å². The second kappa shape index (κ2) is 4.84. The maximum atomic E-state index is 10.3. The molecule has 2 heterocycles. The molecule has 0 aromatic carbocycles. The molecule has 0 radical (unpaired) electrons. The van der Waals surface area contributed by atoms with E-state index < -0.39 is 0 Å². The van der Waals surface area contributed by atoms with E-state index in [0.29, 0.717) is 5.69 Å². The fourth-order valence-electron chi connectivity index (χ4n) is 1.03. The van der Waals surface area contributed by atoms with Gasteiger partial charge < -0.3 is 4.98 Å². The van der Waals surface area contributed by atoms with Crippen LogP contribution in [0.2, 0.25) is 0 Å². The minimum Gasteiger partial charge on any atom is -0.360 e. The van der Waals surface area contributed by atoms with Crippen LogP contribution in [-0.4, -0.2) is 16.3 Å². The lowest BCUT2D eigenvalue weighted by Gasteiger charge is -1.89. The van der Waals surface area contributed by atoms with Gasteiger partial charge in [0.1, 0.15) is 5.69 Å². The smallest absolute Gasteiger partial charge is 0.168 e. The van der Waals surface area contributed by atoms with E-state index in [9.17, 15) is 4.79 Å². The zero-order valence-electron chi connectivity index (χ0n) is 6.56. The van der Waals surface area contributed by atoms with Gasteiger partial charge in [0, 0.05) is 11.6 Å². The van der Waals surface area contributed by atoms with Gasteiger partial charge in [0.25, 0.3) is 0 Å². The molecule has 0 unspecified atom stereocenters. The third-order valence-electron chi connectivity index (χ3n) is 1.58. The Morgan fingerprint density at radius 2 is 2.15 bits per heavy atom. The molecule has 0 saturated heterocycles. The molecule has 0 fully saturated rings. The lowest BCUT2D eigenvalue weighted by atomic mass is 10.3. The fraction of sp³-hybridized carbons (Fsp3) is 0. The number of pyridine rings is 1. The Morgan fingerprint density at radius 1 is 1.38 bits per heavy atom. The Morgan fingerprint density at radius 3 is 2.85 bits per heavy atom. The number of aromatic nitrogens is 2. The highest BCUT2D eigenvalue weighted by atomic mass is 35.5. The lowest BCUT2D eigenvalue weighted by molar-refractivity contribution is 0.111. The largest absolute Gasteiger partial charge is 0.360 e. The number of carbonyl (C=O) groups is 1. The Hall–Kier alpha value is -1.06. The molecule has 70 valence electrons. The van der Waals surface area contributed by atoms with E-state index in [1.54, 1.807) is 12.3 Å². The minimum absolute atomic E-state index is 0. The molecule has 2 aromatic heterocycles. The fourth-order valence-corrected chi connectivity index (χ4v) is 1.03. The number of rotatable bonds is 1. The number of nitrogens with zero attached hydrogens (tertiary/aromatic N) is 1. The third kappa shape index (κ3) is 2.20. The normalized spacial score (nSPS) is 8.62. The van der Waals surface area contributed by atoms with Crippen molar-refractivity contribution in [1.29, 1.82) is 0 Å². The summed E-state index contributed by atoms with van der Waals surface area (Å²) in [6, 6.07) is 3.66. The van der Waals surface area contributed by atoms with Crippen LogP contribution in [0.25, 0.3) is 10.9 Å². The Labute approximate surface area is 87.4 Å². The van der Waals surface area contributed by atoms with Gasteiger partial charge in [0.05, 0.1) is 11.7 Å². The Bertz CT molecular complexity index is 400. The van der Waals surface area contributed by atoms with Gasteiger partial charge in [-0.3, -0.25) is 9.78 Å². The van der Waals surface area contributed by atoms with Crippen molar-refractivity contribution in [2.45, 2.75) is 0 Å². The van der Waals surface area contributed by atoms with Gasteiger partial charge >= 0.3 is 0 Å². The molecular formula is C8H8Cl2N2O. The summed E-state index contributed by atoms with van der Waals surface area (Å²) in [5.74, 6) is 0. The van der Waals surface area contributed by atoms with E-state index in [1.165, 1.54) is 0 Å². The summed E-state index contributed by atoms with van der Waals surface area (Å²) in [6.07, 6.45) is 4.21. The maximum absolute atomic E-state index is 10.3. The first-order valence-electron chi connectivity index (χ1n) is 3.28. The Kier molecular flexibility index (Phi) is 4.45. The molecule has 2 rings (SSSR count). The van der Waals surface area contributed by atoms with Crippen LogP contribution in [0.5, 0.6) is 0 Å². The molecule has 0 aliphatic heterocycles. The third-order valence-corrected chi connectivity index (χ3v) is 1.58. The van der Waals surface area contributed by atoms with Gasteiger partial charge in [-0.25, -0.2) is 0 Å². The van der Waals surface area contributed by atoms with Crippen molar-refractivity contribution in [2.24, 2.45) is 0 Å². The van der Waals surface area contributed by atoms with Crippen LogP contribution in [-0.2, 0) is 0 Å². The maximum Gasteiger partial charge on any atom is 0.168 e. The standard InChI is InChI=1S/C8H6N2O.2ClH/c11-5-7-3-6-1-2-9-8(6)4-10-7;;/h1-5,9H;2*1H. The van der Waals surface area contributed by atoms with Gasteiger partial charge in [-0.2, -0.15) is 0 Å². The number of H-pyrrole nitrogens is 1. The monoisotopic (exact) mass is 218 g/mol. The summed E-state index contributed by atoms with van der Waals surface area (Å²) in [4.78, 5) is 17.2. The first-order valence-corrected chi connectivity index (χ1v) is 3.28. The predicted molar refractivity (Wildman–Crippen MR) is 56.0 cm³/mol. The van der Waals surface area contributed by atoms with Gasteiger partial charge in [-0.1, -0.05) is 0 Å². The van der Waals surface area contributed by atoms with Crippen molar-refractivity contribution in [3.05, 3.63) is 30.2 Å². The molecule has 2 aromatic rings.